The molecule has 0 fully saturated rings. The first-order chi connectivity index (χ1) is 19.9. The van der Waals surface area contributed by atoms with Crippen LogP contribution >= 0.6 is 0 Å². The van der Waals surface area contributed by atoms with Crippen LogP contribution in [0.2, 0.25) is 0 Å². The second-order valence-corrected chi connectivity index (χ2v) is 8.82. The van der Waals surface area contributed by atoms with E-state index in [1.807, 2.05) is 0 Å². The molecule has 0 heterocycles. The number of rotatable bonds is 8. The molecule has 0 radical (unpaired) electrons. The average Bonchev–Trinajstić information content (AvgIpc) is 3.01. The molecule has 0 aliphatic carbocycles. The highest BCUT2D eigenvalue weighted by Crippen LogP contribution is 2.25. The molecule has 8 heteroatoms. The molecule has 0 atom stereocenters. The molecule has 0 unspecified atom stereocenters. The average molecular weight is 549 g/mol. The van der Waals surface area contributed by atoms with Gasteiger partial charge in [0.2, 0.25) is 0 Å². The van der Waals surface area contributed by atoms with Crippen LogP contribution in [0.4, 0.5) is 0 Å². The Morgan fingerprint density at radius 2 is 0.732 bits per heavy atom. The highest BCUT2D eigenvalue weighted by molar-refractivity contribution is 5.97. The van der Waals surface area contributed by atoms with Crippen molar-refractivity contribution in [2.24, 2.45) is 0 Å². The standard InChI is InChI=1S/C33H24O8/c1-37-26-10-5-21(6-11-26)31(34)39-28-15-17-29(18-16-28)40-33(36)25-4-3-24-20-30(14-9-23(24)19-25)41-32(35)22-7-12-27(38-2)13-8-22/h3-20H,1-2H3. The van der Waals surface area contributed by atoms with Gasteiger partial charge in [-0.15, -0.1) is 0 Å². The minimum Gasteiger partial charge on any atom is -0.497 e. The molecule has 0 aliphatic rings. The van der Waals surface area contributed by atoms with E-state index in [1.165, 1.54) is 0 Å². The normalized spacial score (nSPS) is 10.5. The van der Waals surface area contributed by atoms with Crippen LogP contribution < -0.4 is 23.7 Å². The van der Waals surface area contributed by atoms with Crippen LogP contribution in [0, 0.1) is 0 Å². The van der Waals surface area contributed by atoms with Gasteiger partial charge in [0.25, 0.3) is 0 Å². The summed E-state index contributed by atoms with van der Waals surface area (Å²) in [5.41, 5.74) is 1.11. The summed E-state index contributed by atoms with van der Waals surface area (Å²) in [5, 5.41) is 1.55. The minimum atomic E-state index is -0.551. The van der Waals surface area contributed by atoms with Gasteiger partial charge in [-0.25, -0.2) is 14.4 Å². The summed E-state index contributed by atoms with van der Waals surface area (Å²) in [7, 11) is 3.10. The third-order valence-corrected chi connectivity index (χ3v) is 6.15. The number of fused-ring (bicyclic) bond motifs is 1. The molecular weight excluding hydrogens is 524 g/mol. The number of benzene rings is 5. The predicted molar refractivity (Wildman–Crippen MR) is 151 cm³/mol. The molecule has 0 bridgehead atoms. The van der Waals surface area contributed by atoms with Crippen LogP contribution in [-0.4, -0.2) is 32.1 Å². The molecule has 0 saturated carbocycles. The lowest BCUT2D eigenvalue weighted by atomic mass is 10.1. The van der Waals surface area contributed by atoms with E-state index in [0.29, 0.717) is 45.4 Å². The third-order valence-electron chi connectivity index (χ3n) is 6.15. The molecule has 0 spiro atoms. The van der Waals surface area contributed by atoms with Crippen molar-refractivity contribution in [2.45, 2.75) is 0 Å². The van der Waals surface area contributed by atoms with E-state index in [4.69, 9.17) is 23.7 Å². The second-order valence-electron chi connectivity index (χ2n) is 8.82. The molecular formula is C33H24O8. The molecule has 204 valence electrons. The first kappa shape index (κ1) is 27.0. The highest BCUT2D eigenvalue weighted by atomic mass is 16.5. The van der Waals surface area contributed by atoms with E-state index in [9.17, 15) is 14.4 Å². The van der Waals surface area contributed by atoms with Crippen molar-refractivity contribution in [3.8, 4) is 28.7 Å². The first-order valence-electron chi connectivity index (χ1n) is 12.5. The van der Waals surface area contributed by atoms with Gasteiger partial charge >= 0.3 is 17.9 Å². The van der Waals surface area contributed by atoms with Crippen molar-refractivity contribution in [3.63, 3.8) is 0 Å². The predicted octanol–water partition coefficient (Wildman–Crippen LogP) is 6.51. The Labute approximate surface area is 235 Å². The molecule has 41 heavy (non-hydrogen) atoms. The summed E-state index contributed by atoms with van der Waals surface area (Å²) < 4.78 is 26.6. The van der Waals surface area contributed by atoms with Gasteiger partial charge in [-0.2, -0.15) is 0 Å². The quantitative estimate of drug-likeness (QED) is 0.160. The van der Waals surface area contributed by atoms with Crippen LogP contribution in [-0.2, 0) is 0 Å². The molecule has 0 aliphatic heterocycles. The Kier molecular flexibility index (Phi) is 7.92. The maximum atomic E-state index is 12.8. The SMILES string of the molecule is COc1ccc(C(=O)Oc2ccc(OC(=O)c3ccc4cc(OC(=O)c5ccc(OC)cc5)ccc4c3)cc2)cc1. The topological polar surface area (TPSA) is 97.4 Å². The Hall–Kier alpha value is -5.63. The summed E-state index contributed by atoms with van der Waals surface area (Å²) >= 11 is 0. The van der Waals surface area contributed by atoms with Crippen molar-refractivity contribution in [1.82, 2.24) is 0 Å². The number of methoxy groups -OCH3 is 2. The first-order valence-corrected chi connectivity index (χ1v) is 12.5. The van der Waals surface area contributed by atoms with Gasteiger partial charge in [0.1, 0.15) is 28.7 Å². The van der Waals surface area contributed by atoms with Gasteiger partial charge in [0.15, 0.2) is 0 Å². The zero-order valence-electron chi connectivity index (χ0n) is 22.2. The zero-order valence-corrected chi connectivity index (χ0v) is 22.2. The molecule has 8 nitrogen and oxygen atoms in total. The largest absolute Gasteiger partial charge is 0.497 e. The summed E-state index contributed by atoms with van der Waals surface area (Å²) in [4.78, 5) is 37.6. The van der Waals surface area contributed by atoms with Gasteiger partial charge in [0, 0.05) is 0 Å². The fraction of sp³-hybridized carbons (Fsp3) is 0.0606. The number of hydrogen-bond acceptors (Lipinski definition) is 8. The van der Waals surface area contributed by atoms with Crippen molar-refractivity contribution in [2.75, 3.05) is 14.2 Å². The maximum Gasteiger partial charge on any atom is 0.343 e. The molecule has 5 rings (SSSR count). The highest BCUT2D eigenvalue weighted by Gasteiger charge is 2.13. The van der Waals surface area contributed by atoms with E-state index < -0.39 is 17.9 Å². The second kappa shape index (κ2) is 12.0. The fourth-order valence-corrected chi connectivity index (χ4v) is 3.94. The smallest absolute Gasteiger partial charge is 0.343 e. The zero-order chi connectivity index (χ0) is 28.8. The summed E-state index contributed by atoms with van der Waals surface area (Å²) in [5.74, 6) is 0.687. The lowest BCUT2D eigenvalue weighted by molar-refractivity contribution is 0.0719. The van der Waals surface area contributed by atoms with Crippen LogP contribution in [0.25, 0.3) is 10.8 Å². The number of esters is 3. The van der Waals surface area contributed by atoms with Gasteiger partial charge in [0.05, 0.1) is 30.9 Å². The lowest BCUT2D eigenvalue weighted by Gasteiger charge is -2.09. The number of ether oxygens (including phenoxy) is 5. The van der Waals surface area contributed by atoms with Gasteiger partial charge in [-0.05, 0) is 108 Å². The number of carbonyl (C=O) groups is 3. The lowest BCUT2D eigenvalue weighted by Crippen LogP contribution is -2.10. The van der Waals surface area contributed by atoms with Crippen LogP contribution in [0.3, 0.4) is 0 Å². The molecule has 0 amide bonds. The Morgan fingerprint density at radius 1 is 0.390 bits per heavy atom. The Balaban J connectivity index is 1.20. The molecule has 5 aromatic rings. The van der Waals surface area contributed by atoms with E-state index in [-0.39, 0.29) is 0 Å². The molecule has 0 aromatic heterocycles. The summed E-state index contributed by atoms with van der Waals surface area (Å²) in [6.45, 7) is 0. The van der Waals surface area contributed by atoms with E-state index in [1.54, 1.807) is 123 Å². The van der Waals surface area contributed by atoms with Crippen LogP contribution in [0.1, 0.15) is 31.1 Å². The van der Waals surface area contributed by atoms with Crippen molar-refractivity contribution >= 4 is 28.7 Å². The number of hydrogen-bond donors (Lipinski definition) is 0. The fourth-order valence-electron chi connectivity index (χ4n) is 3.94. The van der Waals surface area contributed by atoms with Crippen LogP contribution in [0.15, 0.2) is 109 Å². The van der Waals surface area contributed by atoms with Gasteiger partial charge in [-0.1, -0.05) is 12.1 Å². The summed E-state index contributed by atoms with van der Waals surface area (Å²) in [6, 6.07) is 29.6. The van der Waals surface area contributed by atoms with Gasteiger partial charge < -0.3 is 23.7 Å². The summed E-state index contributed by atoms with van der Waals surface area (Å²) in [6.07, 6.45) is 0. The number of carbonyl (C=O) groups excluding carboxylic acids is 3. The van der Waals surface area contributed by atoms with E-state index >= 15 is 0 Å². The monoisotopic (exact) mass is 548 g/mol. The molecule has 0 saturated heterocycles. The maximum absolute atomic E-state index is 12.8. The van der Waals surface area contributed by atoms with E-state index in [0.717, 1.165) is 10.8 Å². The van der Waals surface area contributed by atoms with Crippen molar-refractivity contribution < 1.29 is 38.1 Å². The van der Waals surface area contributed by atoms with E-state index in [2.05, 4.69) is 0 Å². The Morgan fingerprint density at radius 3 is 1.22 bits per heavy atom. The molecule has 0 N–H and O–H groups in total. The molecule has 5 aromatic carbocycles. The van der Waals surface area contributed by atoms with Crippen molar-refractivity contribution in [1.29, 1.82) is 0 Å². The minimum absolute atomic E-state index is 0.292. The Bertz CT molecular complexity index is 1710. The third kappa shape index (κ3) is 6.51. The van der Waals surface area contributed by atoms with Crippen LogP contribution in [0.5, 0.6) is 28.7 Å². The van der Waals surface area contributed by atoms with Gasteiger partial charge in [-0.3, -0.25) is 0 Å². The van der Waals surface area contributed by atoms with Crippen molar-refractivity contribution in [3.05, 3.63) is 126 Å².